The number of aromatic nitrogens is 4. The molecule has 0 fully saturated rings. The van der Waals surface area contributed by atoms with Crippen molar-refractivity contribution in [2.24, 2.45) is 5.92 Å². The molecule has 0 aliphatic rings. The number of ketones is 1. The van der Waals surface area contributed by atoms with Gasteiger partial charge in [0.05, 0.1) is 30.5 Å². The van der Waals surface area contributed by atoms with Crippen LogP contribution in [0.4, 0.5) is 10.2 Å². The van der Waals surface area contributed by atoms with E-state index in [-0.39, 0.29) is 29.3 Å². The van der Waals surface area contributed by atoms with Crippen molar-refractivity contribution in [2.75, 3.05) is 12.8 Å². The number of hydrogen-bond donors (Lipinski definition) is 2. The van der Waals surface area contributed by atoms with Gasteiger partial charge in [0.25, 0.3) is 11.4 Å². The molecule has 2 aromatic heterocycles. The monoisotopic (exact) mass is 562 g/mol. The quantitative estimate of drug-likeness (QED) is 0.277. The molecule has 0 bridgehead atoms. The molecular formula is C29H31FN6O5. The molecule has 0 radical (unpaired) electrons. The van der Waals surface area contributed by atoms with Crippen LogP contribution >= 0.6 is 0 Å². The molecule has 4 rings (SSSR count). The first-order valence-electron chi connectivity index (χ1n) is 12.9. The molecular weight excluding hydrogens is 531 g/mol. The van der Waals surface area contributed by atoms with Gasteiger partial charge >= 0.3 is 0 Å². The van der Waals surface area contributed by atoms with Crippen LogP contribution in [0, 0.1) is 11.7 Å². The van der Waals surface area contributed by atoms with Gasteiger partial charge in [-0.15, -0.1) is 10.2 Å². The largest absolute Gasteiger partial charge is 0.494 e. The number of nitrogens with zero attached hydrogens (tertiary/aromatic N) is 4. The number of amides is 1. The molecule has 0 spiro atoms. The van der Waals surface area contributed by atoms with Crippen LogP contribution in [0.3, 0.4) is 0 Å². The number of nitrogens with two attached hydrogens (primary N) is 1. The molecule has 1 unspecified atom stereocenters. The first-order valence-corrected chi connectivity index (χ1v) is 12.9. The Morgan fingerprint density at radius 3 is 2.49 bits per heavy atom. The third kappa shape index (κ3) is 6.01. The fourth-order valence-electron chi connectivity index (χ4n) is 4.28. The lowest BCUT2D eigenvalue weighted by Gasteiger charge is -2.22. The Balaban J connectivity index is 1.56. The Hall–Kier alpha value is -4.87. The van der Waals surface area contributed by atoms with E-state index in [1.807, 2.05) is 6.07 Å². The SMILES string of the molecule is COc1ccc(C(C)(C)c2nnc(C(=O)C(NC(=O)Cn3c(-c4ccccc4)cnc(N)c3=O)C(C)C)o2)cc1F. The van der Waals surface area contributed by atoms with Crippen molar-refractivity contribution >= 4 is 17.5 Å². The molecule has 0 aliphatic carbocycles. The van der Waals surface area contributed by atoms with Gasteiger partial charge < -0.3 is 20.2 Å². The molecule has 214 valence electrons. The van der Waals surface area contributed by atoms with Gasteiger partial charge in [0.15, 0.2) is 17.4 Å². The average Bonchev–Trinajstić information content (AvgIpc) is 3.46. The minimum absolute atomic E-state index is 0.0885. The molecule has 3 N–H and O–H groups in total. The Bertz CT molecular complexity index is 1630. The van der Waals surface area contributed by atoms with Gasteiger partial charge in [0.2, 0.25) is 17.6 Å². The van der Waals surface area contributed by atoms with Crippen LogP contribution in [0.15, 0.2) is 63.9 Å². The minimum Gasteiger partial charge on any atom is -0.494 e. The second-order valence-corrected chi connectivity index (χ2v) is 10.3. The summed E-state index contributed by atoms with van der Waals surface area (Å²) >= 11 is 0. The van der Waals surface area contributed by atoms with Gasteiger partial charge in [-0.05, 0) is 43.0 Å². The highest BCUT2D eigenvalue weighted by atomic mass is 19.1. The number of carbonyl (C=O) groups is 2. The zero-order valence-corrected chi connectivity index (χ0v) is 23.3. The van der Waals surface area contributed by atoms with Crippen molar-refractivity contribution < 1.29 is 23.1 Å². The maximum atomic E-state index is 14.4. The summed E-state index contributed by atoms with van der Waals surface area (Å²) in [7, 11) is 1.37. The van der Waals surface area contributed by atoms with Gasteiger partial charge in [-0.25, -0.2) is 9.37 Å². The molecule has 0 aliphatic heterocycles. The Morgan fingerprint density at radius 1 is 1.15 bits per heavy atom. The second-order valence-electron chi connectivity index (χ2n) is 10.3. The lowest BCUT2D eigenvalue weighted by atomic mass is 9.84. The van der Waals surface area contributed by atoms with Crippen LogP contribution in [-0.4, -0.2) is 44.6 Å². The molecule has 0 saturated carbocycles. The third-order valence-corrected chi connectivity index (χ3v) is 6.76. The summed E-state index contributed by atoms with van der Waals surface area (Å²) in [6.45, 7) is 6.59. The summed E-state index contributed by atoms with van der Waals surface area (Å²) in [5.41, 5.74) is 5.75. The van der Waals surface area contributed by atoms with Gasteiger partial charge in [0, 0.05) is 0 Å². The smallest absolute Gasteiger partial charge is 0.294 e. The molecule has 2 aromatic carbocycles. The van der Waals surface area contributed by atoms with Crippen LogP contribution < -0.4 is 21.3 Å². The molecule has 1 atom stereocenters. The van der Waals surface area contributed by atoms with E-state index in [2.05, 4.69) is 20.5 Å². The Kier molecular flexibility index (Phi) is 8.31. The fraction of sp³-hybridized carbons (Fsp3) is 0.310. The van der Waals surface area contributed by atoms with Crippen molar-refractivity contribution in [3.63, 3.8) is 0 Å². The highest BCUT2D eigenvalue weighted by molar-refractivity contribution is 5.98. The predicted octanol–water partition coefficient (Wildman–Crippen LogP) is 3.37. The summed E-state index contributed by atoms with van der Waals surface area (Å²) in [5, 5.41) is 10.7. The average molecular weight is 563 g/mol. The number of methoxy groups -OCH3 is 1. The van der Waals surface area contributed by atoms with Gasteiger partial charge in [-0.2, -0.15) is 0 Å². The summed E-state index contributed by atoms with van der Waals surface area (Å²) < 4.78 is 26.3. The first kappa shape index (κ1) is 29.1. The highest BCUT2D eigenvalue weighted by Crippen LogP contribution is 2.33. The van der Waals surface area contributed by atoms with Crippen molar-refractivity contribution in [3.05, 3.63) is 88.2 Å². The molecule has 41 heavy (non-hydrogen) atoms. The van der Waals surface area contributed by atoms with E-state index >= 15 is 0 Å². The van der Waals surface area contributed by atoms with Crippen LogP contribution in [-0.2, 0) is 16.8 Å². The summed E-state index contributed by atoms with van der Waals surface area (Å²) in [6, 6.07) is 12.4. The van der Waals surface area contributed by atoms with Crippen LogP contribution in [0.5, 0.6) is 5.75 Å². The van der Waals surface area contributed by atoms with E-state index in [0.717, 1.165) is 0 Å². The van der Waals surface area contributed by atoms with Gasteiger partial charge in [0.1, 0.15) is 6.54 Å². The summed E-state index contributed by atoms with van der Waals surface area (Å²) in [5.74, 6) is -2.51. The maximum absolute atomic E-state index is 14.4. The third-order valence-electron chi connectivity index (χ3n) is 6.76. The number of anilines is 1. The normalized spacial score (nSPS) is 12.3. The standard InChI is InChI=1S/C29H31FN6O5/c1-16(2)23(33-22(37)15-36-20(14-32-25(31)27(36)39)17-9-7-6-8-10-17)24(38)26-34-35-28(41-26)29(3,4)18-11-12-21(40-5)19(30)13-18/h6-14,16,23H,15H2,1-5H3,(H2,31,32)(H,33,37). The predicted molar refractivity (Wildman–Crippen MR) is 149 cm³/mol. The Morgan fingerprint density at radius 2 is 1.85 bits per heavy atom. The number of rotatable bonds is 10. The van der Waals surface area contributed by atoms with E-state index in [1.165, 1.54) is 30.0 Å². The summed E-state index contributed by atoms with van der Waals surface area (Å²) in [6.07, 6.45) is 1.42. The number of Topliss-reactive ketones (excluding diaryl/α,β-unsaturated/α-hetero) is 1. The molecule has 12 heteroatoms. The van der Waals surface area contributed by atoms with Crippen molar-refractivity contribution in [1.82, 2.24) is 25.1 Å². The van der Waals surface area contributed by atoms with Crippen LogP contribution in [0.25, 0.3) is 11.3 Å². The topological polar surface area (TPSA) is 155 Å². The lowest BCUT2D eigenvalue weighted by molar-refractivity contribution is -0.122. The number of nitrogens with one attached hydrogen (secondary N) is 1. The van der Waals surface area contributed by atoms with Gasteiger partial charge in [-0.1, -0.05) is 50.2 Å². The molecule has 4 aromatic rings. The molecule has 0 saturated heterocycles. The minimum atomic E-state index is -1.03. The molecule has 1 amide bonds. The van der Waals surface area contributed by atoms with Crippen LogP contribution in [0.1, 0.15) is 49.8 Å². The Labute approximate surface area is 235 Å². The zero-order chi connectivity index (χ0) is 29.9. The van der Waals surface area contributed by atoms with Gasteiger partial charge in [-0.3, -0.25) is 19.0 Å². The van der Waals surface area contributed by atoms with E-state index in [4.69, 9.17) is 14.9 Å². The van der Waals surface area contributed by atoms with Crippen LogP contribution in [0.2, 0.25) is 0 Å². The number of carbonyl (C=O) groups excluding carboxylic acids is 2. The number of benzene rings is 2. The van der Waals surface area contributed by atoms with Crippen molar-refractivity contribution in [3.8, 4) is 17.0 Å². The van der Waals surface area contributed by atoms with E-state index in [1.54, 1.807) is 58.0 Å². The van der Waals surface area contributed by atoms with E-state index in [0.29, 0.717) is 16.8 Å². The van der Waals surface area contributed by atoms with Crippen molar-refractivity contribution in [2.45, 2.75) is 45.7 Å². The van der Waals surface area contributed by atoms with E-state index < -0.39 is 41.1 Å². The first-order chi connectivity index (χ1) is 19.4. The molecule has 2 heterocycles. The summed E-state index contributed by atoms with van der Waals surface area (Å²) in [4.78, 5) is 43.3. The lowest BCUT2D eigenvalue weighted by Crippen LogP contribution is -2.46. The number of halogens is 1. The number of nitrogen functional groups attached to an aromatic ring is 1. The second kappa shape index (κ2) is 11.7. The number of ether oxygens (including phenoxy) is 1. The molecule has 11 nitrogen and oxygen atoms in total. The zero-order valence-electron chi connectivity index (χ0n) is 23.3. The highest BCUT2D eigenvalue weighted by Gasteiger charge is 2.34. The number of hydrogen-bond acceptors (Lipinski definition) is 9. The van der Waals surface area contributed by atoms with E-state index in [9.17, 15) is 18.8 Å². The maximum Gasteiger partial charge on any atom is 0.294 e. The fourth-order valence-corrected chi connectivity index (χ4v) is 4.28. The van der Waals surface area contributed by atoms with Crippen molar-refractivity contribution in [1.29, 1.82) is 0 Å².